The topological polar surface area (TPSA) is 113 Å². The number of alkyl halides is 6. The van der Waals surface area contributed by atoms with Crippen LogP contribution in [-0.4, -0.2) is 62.3 Å². The third kappa shape index (κ3) is 6.54. The van der Waals surface area contributed by atoms with Gasteiger partial charge in [0.1, 0.15) is 0 Å². The summed E-state index contributed by atoms with van der Waals surface area (Å²) in [4.78, 5) is 22.5. The Morgan fingerprint density at radius 2 is 1.42 bits per heavy atom. The molecule has 0 aliphatic carbocycles. The van der Waals surface area contributed by atoms with Gasteiger partial charge in [-0.25, -0.2) is 13.2 Å². The summed E-state index contributed by atoms with van der Waals surface area (Å²) in [5, 5.41) is 1.85. The zero-order valence-electron chi connectivity index (χ0n) is 15.8. The highest BCUT2D eigenvalue weighted by molar-refractivity contribution is 7.89. The summed E-state index contributed by atoms with van der Waals surface area (Å²) in [6, 6.07) is -0.829. The molecule has 1 aromatic carbocycles. The van der Waals surface area contributed by atoms with E-state index in [-0.39, 0.29) is 57.3 Å². The van der Waals surface area contributed by atoms with Crippen LogP contribution in [0, 0.1) is 0 Å². The first-order valence-electron chi connectivity index (χ1n) is 8.72. The summed E-state index contributed by atoms with van der Waals surface area (Å²) >= 11 is 0. The van der Waals surface area contributed by atoms with Gasteiger partial charge in [0.2, 0.25) is 15.9 Å². The smallest absolute Gasteiger partial charge is 0.351 e. The van der Waals surface area contributed by atoms with Gasteiger partial charge in [0.15, 0.2) is 0 Å². The number of sulfonamides is 1. The molecule has 1 aliphatic heterocycles. The SMILES string of the molecule is NC(=O)NC(=O)CCN1CCN(S(=O)(=O)c2cc(C(F)(F)F)cc(C(F)(F)F)c2)CC1. The minimum atomic E-state index is -5.17. The molecule has 174 valence electrons. The summed E-state index contributed by atoms with van der Waals surface area (Å²) in [7, 11) is -4.63. The molecule has 0 unspecified atom stereocenters. The predicted octanol–water partition coefficient (Wildman–Crippen LogP) is 1.62. The molecule has 8 nitrogen and oxygen atoms in total. The van der Waals surface area contributed by atoms with E-state index in [1.807, 2.05) is 5.32 Å². The van der Waals surface area contributed by atoms with Crippen molar-refractivity contribution in [3.05, 3.63) is 29.3 Å². The van der Waals surface area contributed by atoms with E-state index in [4.69, 9.17) is 5.73 Å². The highest BCUT2D eigenvalue weighted by Gasteiger charge is 2.39. The summed E-state index contributed by atoms with van der Waals surface area (Å²) in [6.07, 6.45) is -10.5. The summed E-state index contributed by atoms with van der Waals surface area (Å²) in [6.45, 7) is -0.119. The predicted molar refractivity (Wildman–Crippen MR) is 94.0 cm³/mol. The Morgan fingerprint density at radius 3 is 1.84 bits per heavy atom. The molecule has 31 heavy (non-hydrogen) atoms. The van der Waals surface area contributed by atoms with Gasteiger partial charge in [-0.3, -0.25) is 10.1 Å². The van der Waals surface area contributed by atoms with Gasteiger partial charge in [-0.05, 0) is 18.2 Å². The number of carbonyl (C=O) groups is 2. The number of amides is 3. The second-order valence-corrected chi connectivity index (χ2v) is 8.59. The Kier molecular flexibility index (Phi) is 7.22. The molecule has 1 heterocycles. The molecule has 0 spiro atoms. The Hall–Kier alpha value is -2.39. The van der Waals surface area contributed by atoms with Crippen LogP contribution >= 0.6 is 0 Å². The van der Waals surface area contributed by atoms with Crippen LogP contribution in [0.1, 0.15) is 17.5 Å². The molecular formula is C16H18F6N4O4S. The number of rotatable bonds is 5. The Bertz CT molecular complexity index is 908. The normalized spacial score (nSPS) is 16.8. The number of urea groups is 1. The lowest BCUT2D eigenvalue weighted by atomic mass is 10.1. The number of hydrogen-bond donors (Lipinski definition) is 2. The van der Waals surface area contributed by atoms with Crippen LogP contribution in [0.15, 0.2) is 23.1 Å². The zero-order valence-corrected chi connectivity index (χ0v) is 16.6. The number of imide groups is 1. The minimum absolute atomic E-state index is 0.0776. The molecule has 3 amide bonds. The van der Waals surface area contributed by atoms with Crippen molar-refractivity contribution in [3.63, 3.8) is 0 Å². The third-order valence-electron chi connectivity index (χ3n) is 4.45. The molecule has 0 radical (unpaired) electrons. The second kappa shape index (κ2) is 9.00. The number of hydrogen-bond acceptors (Lipinski definition) is 5. The van der Waals surface area contributed by atoms with Crippen molar-refractivity contribution in [1.82, 2.24) is 14.5 Å². The fraction of sp³-hybridized carbons (Fsp3) is 0.500. The minimum Gasteiger partial charge on any atom is -0.351 e. The summed E-state index contributed by atoms with van der Waals surface area (Å²) in [5.41, 5.74) is 1.36. The fourth-order valence-corrected chi connectivity index (χ4v) is 4.37. The summed E-state index contributed by atoms with van der Waals surface area (Å²) < 4.78 is 104. The highest BCUT2D eigenvalue weighted by Crippen LogP contribution is 2.37. The number of nitrogens with two attached hydrogens (primary N) is 1. The number of piperazine rings is 1. The number of nitrogens with one attached hydrogen (secondary N) is 1. The van der Waals surface area contributed by atoms with Crippen LogP contribution in [0.25, 0.3) is 0 Å². The van der Waals surface area contributed by atoms with Gasteiger partial charge in [-0.2, -0.15) is 30.6 Å². The summed E-state index contributed by atoms with van der Waals surface area (Å²) in [5.74, 6) is -0.647. The quantitative estimate of drug-likeness (QED) is 0.628. The molecule has 0 atom stereocenters. The lowest BCUT2D eigenvalue weighted by Crippen LogP contribution is -2.49. The first-order valence-corrected chi connectivity index (χ1v) is 10.2. The standard InChI is InChI=1S/C16H18F6N4O4S/c17-15(18,19)10-7-11(16(20,21)22)9-12(8-10)31(29,30)26-5-3-25(4-6-26)2-1-13(27)24-14(23)28/h7-9H,1-6H2,(H3,23,24,27,28). The van der Waals surface area contributed by atoms with Gasteiger partial charge >= 0.3 is 18.4 Å². The fourth-order valence-electron chi connectivity index (χ4n) is 2.88. The lowest BCUT2D eigenvalue weighted by molar-refractivity contribution is -0.143. The number of primary amides is 1. The number of carbonyl (C=O) groups excluding carboxylic acids is 2. The van der Waals surface area contributed by atoms with E-state index in [0.717, 1.165) is 4.31 Å². The number of halogens is 6. The maximum absolute atomic E-state index is 13.0. The van der Waals surface area contributed by atoms with E-state index in [1.165, 1.54) is 0 Å². The van der Waals surface area contributed by atoms with E-state index in [2.05, 4.69) is 0 Å². The number of nitrogens with zero attached hydrogens (tertiary/aromatic N) is 2. The Morgan fingerprint density at radius 1 is 0.935 bits per heavy atom. The van der Waals surface area contributed by atoms with Crippen molar-refractivity contribution < 1.29 is 44.3 Å². The van der Waals surface area contributed by atoms with Crippen molar-refractivity contribution in [1.29, 1.82) is 0 Å². The molecule has 1 saturated heterocycles. The molecule has 1 aromatic rings. The molecule has 15 heteroatoms. The van der Waals surface area contributed by atoms with Crippen LogP contribution in [-0.2, 0) is 27.2 Å². The average molecular weight is 476 g/mol. The van der Waals surface area contributed by atoms with Gasteiger partial charge in [0, 0.05) is 39.1 Å². The average Bonchev–Trinajstić information content (AvgIpc) is 2.64. The molecule has 0 saturated carbocycles. The zero-order chi connectivity index (χ0) is 23.6. The highest BCUT2D eigenvalue weighted by atomic mass is 32.2. The van der Waals surface area contributed by atoms with Crippen LogP contribution in [0.4, 0.5) is 31.1 Å². The van der Waals surface area contributed by atoms with Crippen molar-refractivity contribution in [2.45, 2.75) is 23.7 Å². The molecule has 3 N–H and O–H groups in total. The van der Waals surface area contributed by atoms with Crippen LogP contribution in [0.3, 0.4) is 0 Å². The largest absolute Gasteiger partial charge is 0.416 e. The van der Waals surface area contributed by atoms with Crippen molar-refractivity contribution in [3.8, 4) is 0 Å². The maximum Gasteiger partial charge on any atom is 0.416 e. The van der Waals surface area contributed by atoms with E-state index >= 15 is 0 Å². The molecule has 2 rings (SSSR count). The molecule has 0 bridgehead atoms. The van der Waals surface area contributed by atoms with Gasteiger partial charge in [0.25, 0.3) is 0 Å². The van der Waals surface area contributed by atoms with Crippen molar-refractivity contribution >= 4 is 22.0 Å². The van der Waals surface area contributed by atoms with Gasteiger partial charge in [0.05, 0.1) is 16.0 Å². The van der Waals surface area contributed by atoms with E-state index in [0.29, 0.717) is 0 Å². The van der Waals surface area contributed by atoms with E-state index < -0.39 is 50.3 Å². The second-order valence-electron chi connectivity index (χ2n) is 6.65. The van der Waals surface area contributed by atoms with Crippen LogP contribution in [0.5, 0.6) is 0 Å². The molecule has 0 aromatic heterocycles. The first kappa shape index (κ1) is 24.9. The first-order chi connectivity index (χ1) is 14.1. The van der Waals surface area contributed by atoms with E-state index in [9.17, 15) is 44.3 Å². The monoisotopic (exact) mass is 476 g/mol. The van der Waals surface area contributed by atoms with Gasteiger partial charge in [-0.1, -0.05) is 0 Å². The van der Waals surface area contributed by atoms with Crippen LogP contribution in [0.2, 0.25) is 0 Å². The molecule has 1 fully saturated rings. The van der Waals surface area contributed by atoms with Crippen molar-refractivity contribution in [2.24, 2.45) is 5.73 Å². The van der Waals surface area contributed by atoms with E-state index in [1.54, 1.807) is 4.90 Å². The Labute approximate surface area is 173 Å². The number of benzene rings is 1. The van der Waals surface area contributed by atoms with Gasteiger partial charge < -0.3 is 10.6 Å². The third-order valence-corrected chi connectivity index (χ3v) is 6.32. The molecular weight excluding hydrogens is 458 g/mol. The Balaban J connectivity index is 2.16. The lowest BCUT2D eigenvalue weighted by Gasteiger charge is -2.34. The van der Waals surface area contributed by atoms with Gasteiger partial charge in [-0.15, -0.1) is 0 Å². The van der Waals surface area contributed by atoms with Crippen molar-refractivity contribution in [2.75, 3.05) is 32.7 Å². The molecule has 1 aliphatic rings. The van der Waals surface area contributed by atoms with Crippen LogP contribution < -0.4 is 11.1 Å². The maximum atomic E-state index is 13.0.